The molecule has 23 heavy (non-hydrogen) atoms. The molecule has 0 fully saturated rings. The molecule has 1 aromatic heterocycles. The molecule has 0 saturated carbocycles. The topological polar surface area (TPSA) is 90.1 Å². The van der Waals surface area contributed by atoms with Crippen LogP contribution in [0.15, 0.2) is 24.3 Å². The Hall–Kier alpha value is -2.77. The molecular formula is C15H17FN4O3. The summed E-state index contributed by atoms with van der Waals surface area (Å²) in [6, 6.07) is 4.85. The molecule has 0 saturated heterocycles. The Morgan fingerprint density at radius 1 is 1.35 bits per heavy atom. The van der Waals surface area contributed by atoms with Crippen LogP contribution in [-0.2, 0) is 12.5 Å². The molecule has 1 amide bonds. The fourth-order valence-electron chi connectivity index (χ4n) is 1.97. The number of benzene rings is 1. The van der Waals surface area contributed by atoms with Crippen molar-refractivity contribution in [1.29, 1.82) is 0 Å². The number of aryl methyl sites for hydroxylation is 1. The van der Waals surface area contributed by atoms with Gasteiger partial charge in [-0.1, -0.05) is 20.8 Å². The van der Waals surface area contributed by atoms with E-state index in [1.165, 1.54) is 10.7 Å². The van der Waals surface area contributed by atoms with Gasteiger partial charge in [0.25, 0.3) is 5.91 Å². The zero-order valence-electron chi connectivity index (χ0n) is 13.3. The lowest BCUT2D eigenvalue weighted by Gasteiger charge is -2.13. The molecule has 0 aliphatic carbocycles. The van der Waals surface area contributed by atoms with Crippen molar-refractivity contribution < 1.29 is 14.1 Å². The van der Waals surface area contributed by atoms with Gasteiger partial charge in [-0.15, -0.1) is 0 Å². The highest BCUT2D eigenvalue weighted by atomic mass is 19.1. The SMILES string of the molecule is Cn1nc(C(C)(C)C)cc1C(=O)Nc1ccc(F)c([N+](=O)[O-])c1. The van der Waals surface area contributed by atoms with Gasteiger partial charge in [-0.2, -0.15) is 9.49 Å². The van der Waals surface area contributed by atoms with Crippen LogP contribution in [0.3, 0.4) is 0 Å². The third kappa shape index (κ3) is 3.53. The quantitative estimate of drug-likeness (QED) is 0.695. The first-order valence-corrected chi connectivity index (χ1v) is 6.89. The maximum atomic E-state index is 13.3. The van der Waals surface area contributed by atoms with Crippen molar-refractivity contribution in [2.75, 3.05) is 5.32 Å². The average Bonchev–Trinajstić information content (AvgIpc) is 2.82. The first kappa shape index (κ1) is 16.6. The summed E-state index contributed by atoms with van der Waals surface area (Å²) in [5.41, 5.74) is 0.284. The van der Waals surface area contributed by atoms with Gasteiger partial charge in [0.15, 0.2) is 0 Å². The summed E-state index contributed by atoms with van der Waals surface area (Å²) in [7, 11) is 1.64. The molecular weight excluding hydrogens is 303 g/mol. The highest BCUT2D eigenvalue weighted by molar-refractivity contribution is 6.03. The maximum Gasteiger partial charge on any atom is 0.306 e. The van der Waals surface area contributed by atoms with Crippen LogP contribution in [0.25, 0.3) is 0 Å². The van der Waals surface area contributed by atoms with Crippen LogP contribution in [-0.4, -0.2) is 20.6 Å². The molecule has 0 aliphatic rings. The van der Waals surface area contributed by atoms with Crippen molar-refractivity contribution in [2.45, 2.75) is 26.2 Å². The second-order valence-electron chi connectivity index (χ2n) is 6.17. The zero-order chi connectivity index (χ0) is 17.4. The van der Waals surface area contributed by atoms with Gasteiger partial charge in [0, 0.05) is 24.2 Å². The van der Waals surface area contributed by atoms with Crippen LogP contribution in [0.1, 0.15) is 37.0 Å². The van der Waals surface area contributed by atoms with Crippen LogP contribution in [0.4, 0.5) is 15.8 Å². The Bertz CT molecular complexity index is 778. The number of carbonyl (C=O) groups is 1. The third-order valence-electron chi connectivity index (χ3n) is 3.28. The standard InChI is InChI=1S/C15H17FN4O3/c1-15(2,3)13-8-12(19(4)18-13)14(21)17-9-5-6-10(16)11(7-9)20(22)23/h5-8H,1-4H3,(H,17,21). The highest BCUT2D eigenvalue weighted by Crippen LogP contribution is 2.24. The largest absolute Gasteiger partial charge is 0.320 e. The number of amides is 1. The number of carbonyl (C=O) groups excluding carboxylic acids is 1. The average molecular weight is 320 g/mol. The molecule has 0 radical (unpaired) electrons. The highest BCUT2D eigenvalue weighted by Gasteiger charge is 2.22. The van der Waals surface area contributed by atoms with Crippen molar-refractivity contribution in [2.24, 2.45) is 7.05 Å². The Morgan fingerprint density at radius 2 is 2.00 bits per heavy atom. The molecule has 0 bridgehead atoms. The monoisotopic (exact) mass is 320 g/mol. The van der Waals surface area contributed by atoms with Crippen LogP contribution < -0.4 is 5.32 Å². The van der Waals surface area contributed by atoms with Gasteiger partial charge < -0.3 is 5.32 Å². The molecule has 0 atom stereocenters. The summed E-state index contributed by atoms with van der Waals surface area (Å²) < 4.78 is 14.7. The number of hydrogen-bond donors (Lipinski definition) is 1. The van der Waals surface area contributed by atoms with E-state index < -0.39 is 22.3 Å². The van der Waals surface area contributed by atoms with Gasteiger partial charge in [0.1, 0.15) is 5.69 Å². The molecule has 1 heterocycles. The number of rotatable bonds is 3. The summed E-state index contributed by atoms with van der Waals surface area (Å²) in [6.07, 6.45) is 0. The minimum Gasteiger partial charge on any atom is -0.320 e. The van der Waals surface area contributed by atoms with E-state index in [0.29, 0.717) is 5.69 Å². The Labute approximate surface area is 132 Å². The second-order valence-corrected chi connectivity index (χ2v) is 6.17. The van der Waals surface area contributed by atoms with Crippen LogP contribution in [0, 0.1) is 15.9 Å². The minimum absolute atomic E-state index is 0.140. The molecule has 122 valence electrons. The fraction of sp³-hybridized carbons (Fsp3) is 0.333. The van der Waals surface area contributed by atoms with E-state index in [9.17, 15) is 19.3 Å². The van der Waals surface area contributed by atoms with Gasteiger partial charge in [-0.05, 0) is 18.2 Å². The number of aromatic nitrogens is 2. The van der Waals surface area contributed by atoms with Crippen molar-refractivity contribution in [3.05, 3.63) is 51.6 Å². The summed E-state index contributed by atoms with van der Waals surface area (Å²) in [6.45, 7) is 5.92. The Morgan fingerprint density at radius 3 is 2.52 bits per heavy atom. The third-order valence-corrected chi connectivity index (χ3v) is 3.28. The molecule has 1 aromatic carbocycles. The van der Waals surface area contributed by atoms with Crippen LogP contribution in [0.5, 0.6) is 0 Å². The van der Waals surface area contributed by atoms with Gasteiger partial charge in [-0.25, -0.2) is 0 Å². The molecule has 8 heteroatoms. The van der Waals surface area contributed by atoms with Crippen LogP contribution in [0.2, 0.25) is 0 Å². The normalized spacial score (nSPS) is 11.3. The van der Waals surface area contributed by atoms with E-state index in [1.54, 1.807) is 13.1 Å². The predicted molar refractivity (Wildman–Crippen MR) is 82.9 cm³/mol. The van der Waals surface area contributed by atoms with Crippen molar-refractivity contribution in [1.82, 2.24) is 9.78 Å². The number of nitrogens with one attached hydrogen (secondary N) is 1. The summed E-state index contributed by atoms with van der Waals surface area (Å²) in [5.74, 6) is -1.43. The van der Waals surface area contributed by atoms with Gasteiger partial charge in [0.2, 0.25) is 5.82 Å². The van der Waals surface area contributed by atoms with Crippen molar-refractivity contribution in [3.63, 3.8) is 0 Å². The van der Waals surface area contributed by atoms with E-state index in [2.05, 4.69) is 10.4 Å². The predicted octanol–water partition coefficient (Wildman–Crippen LogP) is 3.02. The van der Waals surface area contributed by atoms with E-state index in [0.717, 1.165) is 17.8 Å². The maximum absolute atomic E-state index is 13.3. The molecule has 2 aromatic rings. The lowest BCUT2D eigenvalue weighted by Crippen LogP contribution is -2.16. The van der Waals surface area contributed by atoms with Gasteiger partial charge in [0.05, 0.1) is 10.6 Å². The number of nitro benzene ring substituents is 1. The van der Waals surface area contributed by atoms with Gasteiger partial charge in [-0.3, -0.25) is 19.6 Å². The number of nitro groups is 1. The van der Waals surface area contributed by atoms with E-state index in [1.807, 2.05) is 20.8 Å². The number of anilines is 1. The van der Waals surface area contributed by atoms with Crippen LogP contribution >= 0.6 is 0 Å². The van der Waals surface area contributed by atoms with Gasteiger partial charge >= 0.3 is 5.69 Å². The fourth-order valence-corrected chi connectivity index (χ4v) is 1.97. The summed E-state index contributed by atoms with van der Waals surface area (Å²) >= 11 is 0. The summed E-state index contributed by atoms with van der Waals surface area (Å²) in [4.78, 5) is 22.2. The molecule has 7 nitrogen and oxygen atoms in total. The van der Waals surface area contributed by atoms with E-state index in [4.69, 9.17) is 0 Å². The Kier molecular flexibility index (Phi) is 4.18. The Balaban J connectivity index is 2.28. The lowest BCUT2D eigenvalue weighted by atomic mass is 9.92. The van der Waals surface area contributed by atoms with Crippen molar-refractivity contribution >= 4 is 17.3 Å². The molecule has 1 N–H and O–H groups in total. The number of halogens is 1. The van der Waals surface area contributed by atoms with E-state index >= 15 is 0 Å². The smallest absolute Gasteiger partial charge is 0.306 e. The molecule has 2 rings (SSSR count). The summed E-state index contributed by atoms with van der Waals surface area (Å²) in [5, 5.41) is 17.5. The minimum atomic E-state index is -0.955. The second kappa shape index (κ2) is 5.79. The number of hydrogen-bond acceptors (Lipinski definition) is 4. The van der Waals surface area contributed by atoms with E-state index in [-0.39, 0.29) is 11.1 Å². The lowest BCUT2D eigenvalue weighted by molar-refractivity contribution is -0.387. The zero-order valence-corrected chi connectivity index (χ0v) is 13.3. The van der Waals surface area contributed by atoms with Crippen molar-refractivity contribution in [3.8, 4) is 0 Å². The molecule has 0 spiro atoms. The molecule has 0 unspecified atom stereocenters. The first-order valence-electron chi connectivity index (χ1n) is 6.89. The molecule has 0 aliphatic heterocycles. The first-order chi connectivity index (χ1) is 10.6. The number of nitrogens with zero attached hydrogens (tertiary/aromatic N) is 3.